The van der Waals surface area contributed by atoms with Crippen LogP contribution >= 0.6 is 22.6 Å². The minimum absolute atomic E-state index is 0.149. The fourth-order valence-corrected chi connectivity index (χ4v) is 1.95. The van der Waals surface area contributed by atoms with E-state index < -0.39 is 0 Å². The van der Waals surface area contributed by atoms with Crippen LogP contribution in [0.25, 0.3) is 0 Å². The highest BCUT2D eigenvalue weighted by Gasteiger charge is 2.04. The van der Waals surface area contributed by atoms with Gasteiger partial charge in [0.25, 0.3) is 5.91 Å². The summed E-state index contributed by atoms with van der Waals surface area (Å²) in [6.45, 7) is 0.654. The van der Waals surface area contributed by atoms with Crippen molar-refractivity contribution in [3.63, 3.8) is 0 Å². The van der Waals surface area contributed by atoms with E-state index in [1.54, 1.807) is 24.3 Å². The monoisotopic (exact) mass is 385 g/mol. The standard InChI is InChI=1S/C15H13FINO2/c16-12-2-1-3-14(10-12)20-9-8-18-15(19)11-4-6-13(17)7-5-11/h1-7,10H,8-9H2,(H,18,19). The first-order chi connectivity index (χ1) is 9.65. The molecule has 0 heterocycles. The SMILES string of the molecule is O=C(NCCOc1cccc(F)c1)c1ccc(I)cc1. The summed E-state index contributed by atoms with van der Waals surface area (Å²) in [5.41, 5.74) is 0.608. The Morgan fingerprint density at radius 3 is 2.65 bits per heavy atom. The number of amides is 1. The third-order valence-electron chi connectivity index (χ3n) is 2.56. The van der Waals surface area contributed by atoms with Gasteiger partial charge >= 0.3 is 0 Å². The lowest BCUT2D eigenvalue weighted by Crippen LogP contribution is -2.28. The lowest BCUT2D eigenvalue weighted by atomic mass is 10.2. The van der Waals surface area contributed by atoms with Crippen molar-refractivity contribution >= 4 is 28.5 Å². The predicted octanol–water partition coefficient (Wildman–Crippen LogP) is 3.24. The molecule has 2 aromatic rings. The Bertz CT molecular complexity index is 587. The van der Waals surface area contributed by atoms with Crippen LogP contribution in [0.4, 0.5) is 4.39 Å². The van der Waals surface area contributed by atoms with Crippen LogP contribution in [0.3, 0.4) is 0 Å². The van der Waals surface area contributed by atoms with E-state index >= 15 is 0 Å². The molecule has 104 valence electrons. The molecule has 0 saturated heterocycles. The number of nitrogens with one attached hydrogen (secondary N) is 1. The average molecular weight is 385 g/mol. The first-order valence-electron chi connectivity index (χ1n) is 6.07. The predicted molar refractivity (Wildman–Crippen MR) is 83.4 cm³/mol. The maximum absolute atomic E-state index is 12.9. The number of rotatable bonds is 5. The second-order valence-electron chi connectivity index (χ2n) is 4.07. The van der Waals surface area contributed by atoms with E-state index in [2.05, 4.69) is 27.9 Å². The number of carbonyl (C=O) groups is 1. The first-order valence-corrected chi connectivity index (χ1v) is 7.15. The maximum atomic E-state index is 12.9. The van der Waals surface area contributed by atoms with E-state index in [9.17, 15) is 9.18 Å². The Hall–Kier alpha value is -1.63. The molecule has 2 rings (SSSR count). The number of hydrogen-bond acceptors (Lipinski definition) is 2. The molecule has 0 saturated carbocycles. The van der Waals surface area contributed by atoms with Crippen molar-refractivity contribution in [3.05, 3.63) is 63.5 Å². The summed E-state index contributed by atoms with van der Waals surface area (Å²) >= 11 is 2.18. The van der Waals surface area contributed by atoms with Crippen LogP contribution in [0.1, 0.15) is 10.4 Å². The van der Waals surface area contributed by atoms with Crippen LogP contribution < -0.4 is 10.1 Å². The van der Waals surface area contributed by atoms with E-state index in [0.717, 1.165) is 3.57 Å². The molecule has 0 unspecified atom stereocenters. The van der Waals surface area contributed by atoms with Gasteiger partial charge in [0.2, 0.25) is 0 Å². The van der Waals surface area contributed by atoms with Gasteiger partial charge in [0.15, 0.2) is 0 Å². The van der Waals surface area contributed by atoms with Crippen molar-refractivity contribution in [2.24, 2.45) is 0 Å². The Labute approximate surface area is 130 Å². The molecule has 5 heteroatoms. The third-order valence-corrected chi connectivity index (χ3v) is 3.28. The molecule has 0 radical (unpaired) electrons. The van der Waals surface area contributed by atoms with Crippen LogP contribution in [0.2, 0.25) is 0 Å². The van der Waals surface area contributed by atoms with Gasteiger partial charge in [-0.05, 0) is 59.0 Å². The van der Waals surface area contributed by atoms with Gasteiger partial charge in [0.1, 0.15) is 18.2 Å². The summed E-state index contributed by atoms with van der Waals surface area (Å²) in [6, 6.07) is 13.2. The van der Waals surface area contributed by atoms with E-state index in [1.165, 1.54) is 12.1 Å². The van der Waals surface area contributed by atoms with Gasteiger partial charge in [0.05, 0.1) is 6.54 Å². The summed E-state index contributed by atoms with van der Waals surface area (Å²) in [6.07, 6.45) is 0. The van der Waals surface area contributed by atoms with Crippen LogP contribution in [-0.2, 0) is 0 Å². The van der Waals surface area contributed by atoms with Gasteiger partial charge in [-0.3, -0.25) is 4.79 Å². The Balaban J connectivity index is 1.76. The van der Waals surface area contributed by atoms with Crippen molar-refractivity contribution in [3.8, 4) is 5.75 Å². The summed E-state index contributed by atoms with van der Waals surface area (Å²) in [4.78, 5) is 11.8. The highest BCUT2D eigenvalue weighted by molar-refractivity contribution is 14.1. The van der Waals surface area contributed by atoms with Crippen molar-refractivity contribution < 1.29 is 13.9 Å². The van der Waals surface area contributed by atoms with Crippen LogP contribution in [0.15, 0.2) is 48.5 Å². The molecule has 0 aliphatic rings. The van der Waals surface area contributed by atoms with Crippen molar-refractivity contribution in [2.75, 3.05) is 13.2 Å². The van der Waals surface area contributed by atoms with Gasteiger partial charge in [0, 0.05) is 15.2 Å². The highest BCUT2D eigenvalue weighted by Crippen LogP contribution is 2.11. The molecule has 0 fully saturated rings. The lowest BCUT2D eigenvalue weighted by molar-refractivity contribution is 0.0947. The Morgan fingerprint density at radius 1 is 1.20 bits per heavy atom. The van der Waals surface area contributed by atoms with Gasteiger partial charge in [-0.1, -0.05) is 6.07 Å². The number of halogens is 2. The van der Waals surface area contributed by atoms with Crippen molar-refractivity contribution in [1.29, 1.82) is 0 Å². The van der Waals surface area contributed by atoms with Crippen molar-refractivity contribution in [1.82, 2.24) is 5.32 Å². The van der Waals surface area contributed by atoms with Crippen molar-refractivity contribution in [2.45, 2.75) is 0 Å². The number of benzene rings is 2. The molecule has 1 amide bonds. The van der Waals surface area contributed by atoms with Crippen LogP contribution in [0, 0.1) is 9.39 Å². The fraction of sp³-hybridized carbons (Fsp3) is 0.133. The summed E-state index contributed by atoms with van der Waals surface area (Å²) in [5.74, 6) is -0.0387. The van der Waals surface area contributed by atoms with Crippen LogP contribution in [-0.4, -0.2) is 19.1 Å². The zero-order valence-corrected chi connectivity index (χ0v) is 12.8. The largest absolute Gasteiger partial charge is 0.492 e. The van der Waals surface area contributed by atoms with Gasteiger partial charge in [-0.15, -0.1) is 0 Å². The van der Waals surface area contributed by atoms with Gasteiger partial charge in [-0.2, -0.15) is 0 Å². The first kappa shape index (κ1) is 14.8. The second kappa shape index (κ2) is 7.23. The van der Waals surface area contributed by atoms with E-state index in [4.69, 9.17) is 4.74 Å². The topological polar surface area (TPSA) is 38.3 Å². The van der Waals surface area contributed by atoms with Crippen LogP contribution in [0.5, 0.6) is 5.75 Å². The maximum Gasteiger partial charge on any atom is 0.251 e. The smallest absolute Gasteiger partial charge is 0.251 e. The molecule has 0 bridgehead atoms. The van der Waals surface area contributed by atoms with E-state index in [1.807, 2.05) is 12.1 Å². The molecule has 1 N–H and O–H groups in total. The molecule has 20 heavy (non-hydrogen) atoms. The molecular formula is C15H13FINO2. The molecule has 0 aromatic heterocycles. The van der Waals surface area contributed by atoms with Gasteiger partial charge < -0.3 is 10.1 Å². The number of hydrogen-bond donors (Lipinski definition) is 1. The molecule has 2 aromatic carbocycles. The molecular weight excluding hydrogens is 372 g/mol. The number of carbonyl (C=O) groups excluding carboxylic acids is 1. The minimum atomic E-state index is -0.342. The summed E-state index contributed by atoms with van der Waals surface area (Å²) in [7, 11) is 0. The normalized spacial score (nSPS) is 10.1. The zero-order chi connectivity index (χ0) is 14.4. The Morgan fingerprint density at radius 2 is 1.95 bits per heavy atom. The highest BCUT2D eigenvalue weighted by atomic mass is 127. The molecule has 3 nitrogen and oxygen atoms in total. The van der Waals surface area contributed by atoms with Gasteiger partial charge in [-0.25, -0.2) is 4.39 Å². The zero-order valence-electron chi connectivity index (χ0n) is 10.6. The second-order valence-corrected chi connectivity index (χ2v) is 5.31. The third kappa shape index (κ3) is 4.48. The average Bonchev–Trinajstić information content (AvgIpc) is 2.44. The lowest BCUT2D eigenvalue weighted by Gasteiger charge is -2.08. The Kier molecular flexibility index (Phi) is 5.34. The minimum Gasteiger partial charge on any atom is -0.492 e. The van der Waals surface area contributed by atoms with E-state index in [-0.39, 0.29) is 11.7 Å². The summed E-state index contributed by atoms with van der Waals surface area (Å²) < 4.78 is 19.3. The molecule has 0 spiro atoms. The quantitative estimate of drug-likeness (QED) is 0.634. The fourth-order valence-electron chi connectivity index (χ4n) is 1.59. The molecule has 0 aliphatic heterocycles. The summed E-state index contributed by atoms with van der Waals surface area (Å²) in [5, 5.41) is 2.74. The molecule has 0 atom stereocenters. The number of ether oxygens (including phenoxy) is 1. The molecule has 0 aliphatic carbocycles. The van der Waals surface area contributed by atoms with E-state index in [0.29, 0.717) is 24.5 Å².